The minimum absolute atomic E-state index is 0.740. The predicted octanol–water partition coefficient (Wildman–Crippen LogP) is 3.23. The second kappa shape index (κ2) is 5.04. The maximum Gasteiger partial charge on any atom is 0.0108 e. The normalized spacial score (nSPS) is 30.0. The molecule has 2 heteroatoms. The Morgan fingerprint density at radius 1 is 0.947 bits per heavy atom. The van der Waals surface area contributed by atoms with Crippen molar-refractivity contribution in [3.63, 3.8) is 0 Å². The maximum absolute atomic E-state index is 2.81. The number of hydrogen-bond donors (Lipinski definition) is 0. The first-order chi connectivity index (χ1) is 8.99. The van der Waals surface area contributed by atoms with Gasteiger partial charge in [0, 0.05) is 25.2 Å². The van der Waals surface area contributed by atoms with E-state index >= 15 is 0 Å². The molecule has 2 saturated heterocycles. The average molecular weight is 264 g/mol. The summed E-state index contributed by atoms with van der Waals surface area (Å²) in [5, 5.41) is 0. The number of piperidine rings is 1. The first-order valence-electron chi connectivity index (χ1n) is 8.47. The first-order valence-corrected chi connectivity index (χ1v) is 8.47. The largest absolute Gasteiger partial charge is 0.300 e. The third-order valence-electron chi connectivity index (χ3n) is 6.18. The van der Waals surface area contributed by atoms with Gasteiger partial charge in [-0.2, -0.15) is 0 Å². The zero-order valence-corrected chi connectivity index (χ0v) is 13.4. The van der Waals surface area contributed by atoms with Crippen molar-refractivity contribution >= 4 is 0 Å². The second-order valence-electron chi connectivity index (χ2n) is 8.18. The van der Waals surface area contributed by atoms with E-state index in [1.807, 2.05) is 0 Å². The highest BCUT2D eigenvalue weighted by atomic mass is 15.3. The molecule has 3 rings (SSSR count). The lowest BCUT2D eigenvalue weighted by molar-refractivity contribution is -0.124. The van der Waals surface area contributed by atoms with E-state index in [0.29, 0.717) is 0 Å². The van der Waals surface area contributed by atoms with E-state index in [9.17, 15) is 0 Å². The molecular formula is C17H32N2. The van der Waals surface area contributed by atoms with Crippen LogP contribution in [0.15, 0.2) is 0 Å². The minimum atomic E-state index is 0.740. The molecule has 2 aliphatic heterocycles. The fourth-order valence-electron chi connectivity index (χ4n) is 4.59. The summed E-state index contributed by atoms with van der Waals surface area (Å²) in [6, 6.07) is 1.69. The molecule has 0 N–H and O–H groups in total. The molecule has 0 aromatic rings. The number of rotatable bonds is 3. The van der Waals surface area contributed by atoms with Crippen LogP contribution in [-0.2, 0) is 0 Å². The van der Waals surface area contributed by atoms with Gasteiger partial charge < -0.3 is 4.90 Å². The molecule has 0 atom stereocenters. The summed E-state index contributed by atoms with van der Waals surface area (Å²) >= 11 is 0. The van der Waals surface area contributed by atoms with Crippen molar-refractivity contribution in [1.82, 2.24) is 9.80 Å². The smallest absolute Gasteiger partial charge is 0.0108 e. The molecule has 3 fully saturated rings. The highest BCUT2D eigenvalue weighted by Gasteiger charge is 2.54. The third kappa shape index (κ3) is 2.58. The van der Waals surface area contributed by atoms with Crippen LogP contribution in [-0.4, -0.2) is 48.1 Å². The zero-order chi connectivity index (χ0) is 13.6. The van der Waals surface area contributed by atoms with Crippen LogP contribution in [0.2, 0.25) is 0 Å². The Bertz CT molecular complexity index is 301. The Labute approximate surface area is 119 Å². The van der Waals surface area contributed by atoms with Crippen molar-refractivity contribution in [2.75, 3.05) is 26.2 Å². The van der Waals surface area contributed by atoms with Crippen LogP contribution >= 0.6 is 0 Å². The molecule has 2 heterocycles. The Kier molecular flexibility index (Phi) is 3.68. The highest BCUT2D eigenvalue weighted by molar-refractivity contribution is 5.08. The van der Waals surface area contributed by atoms with Gasteiger partial charge in [-0.25, -0.2) is 0 Å². The fourth-order valence-corrected chi connectivity index (χ4v) is 4.59. The van der Waals surface area contributed by atoms with E-state index in [1.54, 1.807) is 0 Å². The monoisotopic (exact) mass is 264 g/mol. The van der Waals surface area contributed by atoms with Gasteiger partial charge in [-0.1, -0.05) is 13.8 Å². The van der Waals surface area contributed by atoms with Crippen LogP contribution in [0.3, 0.4) is 0 Å². The third-order valence-corrected chi connectivity index (χ3v) is 6.18. The molecule has 0 bridgehead atoms. The molecule has 1 aliphatic carbocycles. The van der Waals surface area contributed by atoms with Crippen LogP contribution in [0.1, 0.15) is 53.4 Å². The fraction of sp³-hybridized carbons (Fsp3) is 1.00. The second-order valence-corrected chi connectivity index (χ2v) is 8.18. The predicted molar refractivity (Wildman–Crippen MR) is 81.3 cm³/mol. The number of likely N-dealkylation sites (tertiary alicyclic amines) is 2. The van der Waals surface area contributed by atoms with E-state index in [0.717, 1.165) is 29.3 Å². The van der Waals surface area contributed by atoms with Gasteiger partial charge in [0.25, 0.3) is 0 Å². The zero-order valence-electron chi connectivity index (χ0n) is 13.4. The van der Waals surface area contributed by atoms with Crippen molar-refractivity contribution in [1.29, 1.82) is 0 Å². The topological polar surface area (TPSA) is 6.48 Å². The molecule has 0 unspecified atom stereocenters. The summed E-state index contributed by atoms with van der Waals surface area (Å²) < 4.78 is 0. The van der Waals surface area contributed by atoms with Crippen molar-refractivity contribution in [3.05, 3.63) is 0 Å². The van der Waals surface area contributed by atoms with Crippen molar-refractivity contribution in [3.8, 4) is 0 Å². The van der Waals surface area contributed by atoms with Crippen molar-refractivity contribution in [2.45, 2.75) is 65.5 Å². The minimum Gasteiger partial charge on any atom is -0.300 e. The molecule has 19 heavy (non-hydrogen) atoms. The Morgan fingerprint density at radius 3 is 2.00 bits per heavy atom. The lowest BCUT2D eigenvalue weighted by atomic mass is 9.59. The maximum atomic E-state index is 2.81. The van der Waals surface area contributed by atoms with E-state index in [4.69, 9.17) is 0 Å². The van der Waals surface area contributed by atoms with Gasteiger partial charge in [0.15, 0.2) is 0 Å². The van der Waals surface area contributed by atoms with Crippen LogP contribution in [0.5, 0.6) is 0 Å². The highest BCUT2D eigenvalue weighted by Crippen LogP contribution is 2.51. The van der Waals surface area contributed by atoms with Gasteiger partial charge in [-0.05, 0) is 69.9 Å². The van der Waals surface area contributed by atoms with Crippen molar-refractivity contribution < 1.29 is 0 Å². The molecule has 1 saturated carbocycles. The van der Waals surface area contributed by atoms with E-state index in [-0.39, 0.29) is 0 Å². The van der Waals surface area contributed by atoms with Crippen LogP contribution < -0.4 is 0 Å². The van der Waals surface area contributed by atoms with Gasteiger partial charge in [-0.3, -0.25) is 4.90 Å². The average Bonchev–Trinajstić information content (AvgIpc) is 2.25. The van der Waals surface area contributed by atoms with Gasteiger partial charge in [0.05, 0.1) is 0 Å². The Balaban J connectivity index is 1.41. The standard InChI is InChI=1S/C17H32N2/c1-13(2)15-5-7-18(8-6-15)16-9-17(10-16)11-19(12-17)14(3)4/h13-16H,5-12H2,1-4H3. The Hall–Kier alpha value is -0.0800. The van der Waals surface area contributed by atoms with Crippen LogP contribution in [0.25, 0.3) is 0 Å². The van der Waals surface area contributed by atoms with Gasteiger partial charge in [0.1, 0.15) is 0 Å². The molecule has 110 valence electrons. The van der Waals surface area contributed by atoms with Gasteiger partial charge in [0.2, 0.25) is 0 Å². The SMILES string of the molecule is CC(C)C1CCN(C2CC3(C2)CN(C(C)C)C3)CC1. The summed E-state index contributed by atoms with van der Waals surface area (Å²) in [5.41, 5.74) is 0.740. The molecule has 0 aromatic heterocycles. The van der Waals surface area contributed by atoms with E-state index in [1.165, 1.54) is 51.9 Å². The summed E-state index contributed by atoms with van der Waals surface area (Å²) in [7, 11) is 0. The molecule has 0 radical (unpaired) electrons. The Morgan fingerprint density at radius 2 is 1.53 bits per heavy atom. The molecule has 2 nitrogen and oxygen atoms in total. The lowest BCUT2D eigenvalue weighted by Gasteiger charge is -2.62. The molecule has 0 amide bonds. The molecule has 1 spiro atoms. The van der Waals surface area contributed by atoms with Crippen LogP contribution in [0, 0.1) is 17.3 Å². The number of hydrogen-bond acceptors (Lipinski definition) is 2. The first kappa shape index (κ1) is 13.9. The van der Waals surface area contributed by atoms with Crippen molar-refractivity contribution in [2.24, 2.45) is 17.3 Å². The van der Waals surface area contributed by atoms with E-state index < -0.39 is 0 Å². The quantitative estimate of drug-likeness (QED) is 0.772. The molecule has 0 aromatic carbocycles. The summed E-state index contributed by atoms with van der Waals surface area (Å²) in [4.78, 5) is 5.45. The van der Waals surface area contributed by atoms with Gasteiger partial charge >= 0.3 is 0 Å². The lowest BCUT2D eigenvalue weighted by Crippen LogP contribution is -2.68. The summed E-state index contributed by atoms with van der Waals surface area (Å²) in [6.45, 7) is 15.0. The molecular weight excluding hydrogens is 232 g/mol. The molecule has 3 aliphatic rings. The van der Waals surface area contributed by atoms with E-state index in [2.05, 4.69) is 37.5 Å². The number of nitrogens with zero attached hydrogens (tertiary/aromatic N) is 2. The summed E-state index contributed by atoms with van der Waals surface area (Å²) in [6.07, 6.45) is 5.86. The summed E-state index contributed by atoms with van der Waals surface area (Å²) in [5.74, 6) is 1.88. The van der Waals surface area contributed by atoms with Gasteiger partial charge in [-0.15, -0.1) is 0 Å². The van der Waals surface area contributed by atoms with Crippen LogP contribution in [0.4, 0.5) is 0 Å².